The summed E-state index contributed by atoms with van der Waals surface area (Å²) in [5.74, 6) is -1.23. The smallest absolute Gasteiger partial charge is 0.167 e. The van der Waals surface area contributed by atoms with E-state index in [1.807, 2.05) is 0 Å². The van der Waals surface area contributed by atoms with Crippen LogP contribution in [0, 0.1) is 11.6 Å². The first-order valence-electron chi connectivity index (χ1n) is 5.56. The second-order valence-electron chi connectivity index (χ2n) is 3.68. The number of halogens is 2. The third-order valence-corrected chi connectivity index (χ3v) is 2.39. The molecular formula is C12H17F2NO2. The highest BCUT2D eigenvalue weighted by atomic mass is 19.1. The molecule has 96 valence electrons. The van der Waals surface area contributed by atoms with Crippen molar-refractivity contribution in [1.29, 1.82) is 0 Å². The van der Waals surface area contributed by atoms with Gasteiger partial charge >= 0.3 is 0 Å². The summed E-state index contributed by atoms with van der Waals surface area (Å²) in [7, 11) is 1.29. The highest BCUT2D eigenvalue weighted by Gasteiger charge is 2.09. The third-order valence-electron chi connectivity index (χ3n) is 2.39. The van der Waals surface area contributed by atoms with Gasteiger partial charge in [-0.3, -0.25) is 0 Å². The van der Waals surface area contributed by atoms with Crippen LogP contribution in [0.5, 0.6) is 5.75 Å². The van der Waals surface area contributed by atoms with Crippen LogP contribution < -0.4 is 10.1 Å². The molecule has 0 radical (unpaired) electrons. The topological polar surface area (TPSA) is 41.5 Å². The number of aliphatic hydroxyl groups excluding tert-OH is 1. The van der Waals surface area contributed by atoms with Gasteiger partial charge in [0.25, 0.3) is 0 Å². The van der Waals surface area contributed by atoms with Crippen LogP contribution in [0.25, 0.3) is 0 Å². The van der Waals surface area contributed by atoms with E-state index >= 15 is 0 Å². The van der Waals surface area contributed by atoms with Crippen LogP contribution in [0.3, 0.4) is 0 Å². The van der Waals surface area contributed by atoms with Crippen molar-refractivity contribution in [2.24, 2.45) is 0 Å². The number of hydrogen-bond acceptors (Lipinski definition) is 3. The predicted molar refractivity (Wildman–Crippen MR) is 62.3 cm³/mol. The summed E-state index contributed by atoms with van der Waals surface area (Å²) in [6, 6.07) is 2.10. The number of hydrogen-bond donors (Lipinski definition) is 2. The second kappa shape index (κ2) is 7.06. The number of unbranched alkanes of at least 4 members (excludes halogenated alkanes) is 2. The lowest BCUT2D eigenvalue weighted by atomic mass is 10.2. The van der Waals surface area contributed by atoms with Crippen molar-refractivity contribution in [3.8, 4) is 5.75 Å². The molecular weight excluding hydrogens is 228 g/mol. The molecule has 0 aromatic heterocycles. The molecule has 0 fully saturated rings. The molecule has 0 amide bonds. The van der Waals surface area contributed by atoms with Crippen LogP contribution in [0.4, 0.5) is 14.5 Å². The van der Waals surface area contributed by atoms with Crippen molar-refractivity contribution in [2.75, 3.05) is 25.6 Å². The van der Waals surface area contributed by atoms with Gasteiger partial charge in [0.15, 0.2) is 11.6 Å². The van der Waals surface area contributed by atoms with E-state index in [-0.39, 0.29) is 18.0 Å². The van der Waals surface area contributed by atoms with Crippen LogP contribution in [-0.2, 0) is 0 Å². The largest absolute Gasteiger partial charge is 0.494 e. The maximum absolute atomic E-state index is 13.4. The van der Waals surface area contributed by atoms with Crippen molar-refractivity contribution in [1.82, 2.24) is 0 Å². The normalized spacial score (nSPS) is 10.4. The molecule has 0 spiro atoms. The molecule has 0 saturated carbocycles. The van der Waals surface area contributed by atoms with E-state index in [1.54, 1.807) is 0 Å². The maximum Gasteiger partial charge on any atom is 0.167 e. The molecule has 0 saturated heterocycles. The Kier molecular flexibility index (Phi) is 5.69. The molecule has 1 aromatic rings. The van der Waals surface area contributed by atoms with Gasteiger partial charge < -0.3 is 15.2 Å². The van der Waals surface area contributed by atoms with Crippen LogP contribution in [0.1, 0.15) is 19.3 Å². The van der Waals surface area contributed by atoms with Crippen LogP contribution in [-0.4, -0.2) is 25.4 Å². The van der Waals surface area contributed by atoms with E-state index in [0.29, 0.717) is 6.54 Å². The first-order chi connectivity index (χ1) is 8.19. The summed E-state index contributed by atoms with van der Waals surface area (Å²) in [5.41, 5.74) is 0.132. The molecule has 0 aliphatic rings. The second-order valence-corrected chi connectivity index (χ2v) is 3.68. The van der Waals surface area contributed by atoms with E-state index < -0.39 is 11.6 Å². The van der Waals surface area contributed by atoms with Gasteiger partial charge in [0.1, 0.15) is 5.82 Å². The molecule has 0 atom stereocenters. The van der Waals surface area contributed by atoms with Crippen LogP contribution >= 0.6 is 0 Å². The Morgan fingerprint density at radius 1 is 1.18 bits per heavy atom. The average Bonchev–Trinajstić information content (AvgIpc) is 2.32. The van der Waals surface area contributed by atoms with Gasteiger partial charge in [0, 0.05) is 25.3 Å². The van der Waals surface area contributed by atoms with E-state index in [1.165, 1.54) is 7.11 Å². The lowest BCUT2D eigenvalue weighted by Gasteiger charge is -2.09. The number of benzene rings is 1. The van der Waals surface area contributed by atoms with Crippen molar-refractivity contribution < 1.29 is 18.6 Å². The SMILES string of the molecule is COc1cc(F)c(NCCCCCO)cc1F. The Bertz CT molecular complexity index is 359. The summed E-state index contributed by atoms with van der Waals surface area (Å²) in [5, 5.41) is 11.4. The summed E-state index contributed by atoms with van der Waals surface area (Å²) >= 11 is 0. The number of aliphatic hydroxyl groups is 1. The lowest BCUT2D eigenvalue weighted by Crippen LogP contribution is -2.04. The molecule has 0 aliphatic carbocycles. The maximum atomic E-state index is 13.4. The molecule has 0 bridgehead atoms. The van der Waals surface area contributed by atoms with Crippen molar-refractivity contribution in [2.45, 2.75) is 19.3 Å². The number of methoxy groups -OCH3 is 1. The fraction of sp³-hybridized carbons (Fsp3) is 0.500. The molecule has 0 heterocycles. The zero-order valence-electron chi connectivity index (χ0n) is 9.80. The zero-order valence-corrected chi connectivity index (χ0v) is 9.80. The molecule has 1 aromatic carbocycles. The van der Waals surface area contributed by atoms with Crippen molar-refractivity contribution in [3.05, 3.63) is 23.8 Å². The molecule has 0 unspecified atom stereocenters. The summed E-state index contributed by atoms with van der Waals surface area (Å²) in [4.78, 5) is 0. The number of ether oxygens (including phenoxy) is 1. The highest BCUT2D eigenvalue weighted by Crippen LogP contribution is 2.24. The standard InChI is InChI=1S/C12H17F2NO2/c1-17-12-8-9(13)11(7-10(12)14)15-5-3-2-4-6-16/h7-8,15-16H,2-6H2,1H3. The monoisotopic (exact) mass is 245 g/mol. The molecule has 0 aliphatic heterocycles. The van der Waals surface area contributed by atoms with E-state index in [9.17, 15) is 8.78 Å². The third kappa shape index (κ3) is 4.19. The van der Waals surface area contributed by atoms with Gasteiger partial charge in [0.2, 0.25) is 0 Å². The molecule has 3 nitrogen and oxygen atoms in total. The van der Waals surface area contributed by atoms with Crippen LogP contribution in [0.2, 0.25) is 0 Å². The highest BCUT2D eigenvalue weighted by molar-refractivity contribution is 5.48. The fourth-order valence-corrected chi connectivity index (χ4v) is 1.46. The van der Waals surface area contributed by atoms with Gasteiger partial charge in [0.05, 0.1) is 12.8 Å². The summed E-state index contributed by atoms with van der Waals surface area (Å²) in [6.45, 7) is 0.703. The predicted octanol–water partition coefficient (Wildman–Crippen LogP) is 2.55. The fourth-order valence-electron chi connectivity index (χ4n) is 1.46. The van der Waals surface area contributed by atoms with Gasteiger partial charge in [-0.2, -0.15) is 0 Å². The van der Waals surface area contributed by atoms with Crippen LogP contribution in [0.15, 0.2) is 12.1 Å². The Morgan fingerprint density at radius 3 is 2.59 bits per heavy atom. The average molecular weight is 245 g/mol. The Hall–Kier alpha value is -1.36. The minimum Gasteiger partial charge on any atom is -0.494 e. The summed E-state index contributed by atoms with van der Waals surface area (Å²) in [6.07, 6.45) is 2.37. The Morgan fingerprint density at radius 2 is 1.94 bits per heavy atom. The van der Waals surface area contributed by atoms with Gasteiger partial charge in [-0.05, 0) is 19.3 Å². The number of rotatable bonds is 7. The number of nitrogens with one attached hydrogen (secondary N) is 1. The zero-order chi connectivity index (χ0) is 12.7. The van der Waals surface area contributed by atoms with Gasteiger partial charge in [-0.1, -0.05) is 0 Å². The van der Waals surface area contributed by atoms with E-state index in [4.69, 9.17) is 5.11 Å². The molecule has 5 heteroatoms. The van der Waals surface area contributed by atoms with Crippen molar-refractivity contribution >= 4 is 5.69 Å². The quantitative estimate of drug-likeness (QED) is 0.725. The molecule has 17 heavy (non-hydrogen) atoms. The minimum absolute atomic E-state index is 0.103. The molecule has 2 N–H and O–H groups in total. The van der Waals surface area contributed by atoms with Crippen molar-refractivity contribution in [3.63, 3.8) is 0 Å². The number of anilines is 1. The Labute approximate surface area is 99.4 Å². The first-order valence-corrected chi connectivity index (χ1v) is 5.56. The first kappa shape index (κ1) is 13.7. The molecule has 1 rings (SSSR count). The lowest BCUT2D eigenvalue weighted by molar-refractivity contribution is 0.283. The Balaban J connectivity index is 2.51. The minimum atomic E-state index is -0.591. The summed E-state index contributed by atoms with van der Waals surface area (Å²) < 4.78 is 31.4. The van der Waals surface area contributed by atoms with Gasteiger partial charge in [-0.15, -0.1) is 0 Å². The van der Waals surface area contributed by atoms with E-state index in [2.05, 4.69) is 10.1 Å². The van der Waals surface area contributed by atoms with E-state index in [0.717, 1.165) is 31.4 Å². The van der Waals surface area contributed by atoms with Gasteiger partial charge in [-0.25, -0.2) is 8.78 Å².